The van der Waals surface area contributed by atoms with Crippen molar-refractivity contribution in [2.45, 2.75) is 27.7 Å². The molecule has 0 unspecified atom stereocenters. The lowest BCUT2D eigenvalue weighted by Crippen LogP contribution is -2.46. The van der Waals surface area contributed by atoms with Gasteiger partial charge in [0.25, 0.3) is 0 Å². The first kappa shape index (κ1) is 16.5. The molecule has 0 aliphatic heterocycles. The summed E-state index contributed by atoms with van der Waals surface area (Å²) in [7, 11) is 0. The fraction of sp³-hybridized carbons (Fsp3) is 0.692. The van der Waals surface area contributed by atoms with E-state index in [1.807, 2.05) is 0 Å². The quantitative estimate of drug-likeness (QED) is 0.684. The number of rotatable bonds is 7. The summed E-state index contributed by atoms with van der Waals surface area (Å²) in [5.74, 6) is -0.611. The molecule has 0 spiro atoms. The summed E-state index contributed by atoms with van der Waals surface area (Å²) in [6, 6.07) is -0.369. The molecule has 18 heavy (non-hydrogen) atoms. The highest BCUT2D eigenvalue weighted by Gasteiger charge is 2.24. The number of nitrogens with one attached hydrogen (secondary N) is 1. The normalized spacial score (nSPS) is 11.2. The van der Waals surface area contributed by atoms with Crippen molar-refractivity contribution < 1.29 is 14.7 Å². The Labute approximate surface area is 109 Å². The van der Waals surface area contributed by atoms with E-state index in [2.05, 4.69) is 39.6 Å². The largest absolute Gasteiger partial charge is 0.480 e. The van der Waals surface area contributed by atoms with Crippen LogP contribution in [-0.4, -0.2) is 41.6 Å². The number of hydrogen-bond donors (Lipinski definition) is 2. The fourth-order valence-electron chi connectivity index (χ4n) is 1.16. The molecule has 0 heterocycles. The summed E-state index contributed by atoms with van der Waals surface area (Å²) in [5, 5.41) is 11.5. The molecule has 0 saturated heterocycles. The Morgan fingerprint density at radius 1 is 1.44 bits per heavy atom. The van der Waals surface area contributed by atoms with Crippen molar-refractivity contribution in [3.63, 3.8) is 0 Å². The van der Waals surface area contributed by atoms with E-state index in [9.17, 15) is 9.59 Å². The minimum atomic E-state index is -1.03. The third-order valence-electron chi connectivity index (χ3n) is 3.22. The Balaban J connectivity index is 4.43. The second-order valence-electron chi connectivity index (χ2n) is 5.36. The van der Waals surface area contributed by atoms with E-state index in [1.165, 1.54) is 11.0 Å². The van der Waals surface area contributed by atoms with Crippen LogP contribution in [0.3, 0.4) is 0 Å². The molecule has 0 rings (SSSR count). The molecule has 0 aliphatic carbocycles. The molecule has 5 nitrogen and oxygen atoms in total. The minimum Gasteiger partial charge on any atom is -0.480 e. The molecule has 0 aromatic carbocycles. The zero-order valence-corrected chi connectivity index (χ0v) is 11.7. The Morgan fingerprint density at radius 3 is 2.39 bits per heavy atom. The van der Waals surface area contributed by atoms with E-state index in [-0.39, 0.29) is 24.5 Å². The molecule has 0 aromatic heterocycles. The molecule has 0 atom stereocenters. The van der Waals surface area contributed by atoms with Gasteiger partial charge >= 0.3 is 12.0 Å². The SMILES string of the molecule is C=CCN(CC(=O)O)C(=O)NCC(C)(C)C(C)C. The van der Waals surface area contributed by atoms with Gasteiger partial charge in [0.05, 0.1) is 0 Å². The second-order valence-corrected chi connectivity index (χ2v) is 5.36. The molecule has 0 fully saturated rings. The fourth-order valence-corrected chi connectivity index (χ4v) is 1.16. The van der Waals surface area contributed by atoms with Crippen LogP contribution in [0.2, 0.25) is 0 Å². The predicted octanol–water partition coefficient (Wildman–Crippen LogP) is 1.95. The maximum absolute atomic E-state index is 11.8. The van der Waals surface area contributed by atoms with Crippen LogP contribution in [0.4, 0.5) is 4.79 Å². The number of carbonyl (C=O) groups excluding carboxylic acids is 1. The molecule has 2 amide bonds. The van der Waals surface area contributed by atoms with E-state index in [0.717, 1.165) is 0 Å². The van der Waals surface area contributed by atoms with E-state index < -0.39 is 5.97 Å². The minimum absolute atomic E-state index is 0.0290. The summed E-state index contributed by atoms with van der Waals surface area (Å²) >= 11 is 0. The molecule has 104 valence electrons. The van der Waals surface area contributed by atoms with Crippen LogP contribution in [0.5, 0.6) is 0 Å². The maximum Gasteiger partial charge on any atom is 0.323 e. The number of nitrogens with zero attached hydrogens (tertiary/aromatic N) is 1. The van der Waals surface area contributed by atoms with Gasteiger partial charge in [0.1, 0.15) is 6.54 Å². The first-order valence-corrected chi connectivity index (χ1v) is 6.06. The molecule has 5 heteroatoms. The molecule has 0 aliphatic rings. The third-order valence-corrected chi connectivity index (χ3v) is 3.22. The lowest BCUT2D eigenvalue weighted by atomic mass is 9.81. The van der Waals surface area contributed by atoms with Gasteiger partial charge in [-0.1, -0.05) is 33.8 Å². The van der Waals surface area contributed by atoms with Crippen LogP contribution < -0.4 is 5.32 Å². The molecule has 0 aromatic rings. The molecule has 0 saturated carbocycles. The van der Waals surface area contributed by atoms with E-state index in [1.54, 1.807) is 0 Å². The van der Waals surface area contributed by atoms with Crippen LogP contribution in [0.15, 0.2) is 12.7 Å². The highest BCUT2D eigenvalue weighted by Crippen LogP contribution is 2.24. The van der Waals surface area contributed by atoms with Gasteiger partial charge in [-0.25, -0.2) is 4.79 Å². The second kappa shape index (κ2) is 7.03. The van der Waals surface area contributed by atoms with Gasteiger partial charge in [-0.15, -0.1) is 6.58 Å². The first-order chi connectivity index (χ1) is 8.20. The number of aliphatic carboxylic acids is 1. The Bertz CT molecular complexity index is 311. The molecular weight excluding hydrogens is 232 g/mol. The molecule has 0 radical (unpaired) electrons. The van der Waals surface area contributed by atoms with Gasteiger partial charge in [0.2, 0.25) is 0 Å². The van der Waals surface area contributed by atoms with Crippen LogP contribution in [0, 0.1) is 11.3 Å². The van der Waals surface area contributed by atoms with Crippen molar-refractivity contribution in [2.24, 2.45) is 11.3 Å². The van der Waals surface area contributed by atoms with E-state index in [0.29, 0.717) is 12.5 Å². The van der Waals surface area contributed by atoms with Gasteiger partial charge in [0, 0.05) is 13.1 Å². The zero-order chi connectivity index (χ0) is 14.3. The van der Waals surface area contributed by atoms with Crippen LogP contribution in [-0.2, 0) is 4.79 Å². The zero-order valence-electron chi connectivity index (χ0n) is 11.7. The average Bonchev–Trinajstić information content (AvgIpc) is 2.24. The number of urea groups is 1. The first-order valence-electron chi connectivity index (χ1n) is 6.06. The van der Waals surface area contributed by atoms with Crippen LogP contribution in [0.25, 0.3) is 0 Å². The highest BCUT2D eigenvalue weighted by molar-refractivity contribution is 5.80. The van der Waals surface area contributed by atoms with Crippen molar-refractivity contribution in [3.8, 4) is 0 Å². The summed E-state index contributed by atoms with van der Waals surface area (Å²) in [5.41, 5.74) is -0.0290. The lowest BCUT2D eigenvalue weighted by Gasteiger charge is -2.30. The van der Waals surface area contributed by atoms with E-state index in [4.69, 9.17) is 5.11 Å². The molecule has 2 N–H and O–H groups in total. The Kier molecular flexibility index (Phi) is 6.44. The summed E-state index contributed by atoms with van der Waals surface area (Å²) in [6.07, 6.45) is 1.51. The summed E-state index contributed by atoms with van der Waals surface area (Å²) in [6.45, 7) is 12.2. The van der Waals surface area contributed by atoms with Crippen LogP contribution >= 0.6 is 0 Å². The lowest BCUT2D eigenvalue weighted by molar-refractivity contribution is -0.137. The number of amides is 2. The average molecular weight is 256 g/mol. The van der Waals surface area contributed by atoms with Gasteiger partial charge in [-0.3, -0.25) is 4.79 Å². The Hall–Kier alpha value is -1.52. The van der Waals surface area contributed by atoms with Gasteiger partial charge in [-0.2, -0.15) is 0 Å². The smallest absolute Gasteiger partial charge is 0.323 e. The number of hydrogen-bond acceptors (Lipinski definition) is 2. The maximum atomic E-state index is 11.8. The monoisotopic (exact) mass is 256 g/mol. The van der Waals surface area contributed by atoms with Gasteiger partial charge in [-0.05, 0) is 11.3 Å². The van der Waals surface area contributed by atoms with Crippen molar-refractivity contribution >= 4 is 12.0 Å². The van der Waals surface area contributed by atoms with Crippen molar-refractivity contribution in [3.05, 3.63) is 12.7 Å². The van der Waals surface area contributed by atoms with Crippen molar-refractivity contribution in [1.29, 1.82) is 0 Å². The number of carboxylic acid groups (broad SMARTS) is 1. The van der Waals surface area contributed by atoms with E-state index >= 15 is 0 Å². The van der Waals surface area contributed by atoms with Crippen molar-refractivity contribution in [2.75, 3.05) is 19.6 Å². The topological polar surface area (TPSA) is 69.6 Å². The number of carboxylic acids is 1. The van der Waals surface area contributed by atoms with Crippen molar-refractivity contribution in [1.82, 2.24) is 10.2 Å². The predicted molar refractivity (Wildman–Crippen MR) is 71.4 cm³/mol. The van der Waals surface area contributed by atoms with Gasteiger partial charge in [0.15, 0.2) is 0 Å². The standard InChI is InChI=1S/C13H24N2O3/c1-6-7-15(8-11(16)17)12(18)14-9-13(4,5)10(2)3/h6,10H,1,7-9H2,2-5H3,(H,14,18)(H,16,17). The Morgan fingerprint density at radius 2 is 2.00 bits per heavy atom. The third kappa shape index (κ3) is 5.70. The molecule has 0 bridgehead atoms. The van der Waals surface area contributed by atoms with Crippen LogP contribution in [0.1, 0.15) is 27.7 Å². The van der Waals surface area contributed by atoms with Gasteiger partial charge < -0.3 is 15.3 Å². The highest BCUT2D eigenvalue weighted by atomic mass is 16.4. The summed E-state index contributed by atoms with van der Waals surface area (Å²) < 4.78 is 0. The summed E-state index contributed by atoms with van der Waals surface area (Å²) in [4.78, 5) is 23.7. The number of carbonyl (C=O) groups is 2. The molecular formula is C13H24N2O3.